The molecule has 2 rings (SSSR count). The van der Waals surface area contributed by atoms with Crippen LogP contribution < -0.4 is 5.56 Å². The molecule has 0 saturated carbocycles. The van der Waals surface area contributed by atoms with Crippen LogP contribution in [0.3, 0.4) is 0 Å². The maximum Gasteiger partial charge on any atom is 0.248 e. The van der Waals surface area contributed by atoms with Gasteiger partial charge in [-0.1, -0.05) is 34.6 Å². The third-order valence-corrected chi connectivity index (χ3v) is 3.04. The van der Waals surface area contributed by atoms with Crippen LogP contribution >= 0.6 is 0 Å². The zero-order valence-corrected chi connectivity index (χ0v) is 11.7. The van der Waals surface area contributed by atoms with Gasteiger partial charge in [0, 0.05) is 22.6 Å². The third-order valence-electron chi connectivity index (χ3n) is 3.04. The Hall–Kier alpha value is -1.64. The number of aromatic nitrogens is 2. The second-order valence-corrected chi connectivity index (χ2v) is 6.08. The number of fused-ring (bicyclic) bond motifs is 1. The Morgan fingerprint density at radius 2 is 1.89 bits per heavy atom. The van der Waals surface area contributed by atoms with Gasteiger partial charge < -0.3 is 4.98 Å². The molecule has 0 bridgehead atoms. The van der Waals surface area contributed by atoms with Crippen molar-refractivity contribution in [1.29, 1.82) is 0 Å². The number of hydrogen-bond acceptors (Lipinski definition) is 2. The molecule has 3 nitrogen and oxygen atoms in total. The molecule has 0 saturated heterocycles. The van der Waals surface area contributed by atoms with Crippen LogP contribution in [0.25, 0.3) is 10.9 Å². The molecule has 3 heteroatoms. The lowest BCUT2D eigenvalue weighted by atomic mass is 9.88. The van der Waals surface area contributed by atoms with Gasteiger partial charge in [0.05, 0.1) is 11.2 Å². The third kappa shape index (κ3) is 2.30. The van der Waals surface area contributed by atoms with Crippen molar-refractivity contribution in [1.82, 2.24) is 9.97 Å². The van der Waals surface area contributed by atoms with Crippen molar-refractivity contribution in [2.75, 3.05) is 0 Å². The Balaban J connectivity index is 2.85. The first-order valence-corrected chi connectivity index (χ1v) is 6.33. The molecule has 1 N–H and O–H groups in total. The minimum absolute atomic E-state index is 0.0403. The molecule has 0 aliphatic carbocycles. The topological polar surface area (TPSA) is 45.8 Å². The quantitative estimate of drug-likeness (QED) is 0.836. The van der Waals surface area contributed by atoms with Crippen molar-refractivity contribution >= 4 is 10.9 Å². The van der Waals surface area contributed by atoms with Gasteiger partial charge in [-0.15, -0.1) is 0 Å². The Morgan fingerprint density at radius 1 is 1.22 bits per heavy atom. The summed E-state index contributed by atoms with van der Waals surface area (Å²) in [4.78, 5) is 19.1. The zero-order chi connectivity index (χ0) is 13.5. The normalized spacial score (nSPS) is 12.3. The van der Waals surface area contributed by atoms with Gasteiger partial charge in [-0.2, -0.15) is 0 Å². The van der Waals surface area contributed by atoms with Crippen LogP contribution in [-0.4, -0.2) is 9.97 Å². The van der Waals surface area contributed by atoms with Gasteiger partial charge in [-0.25, -0.2) is 0 Å². The number of aromatic amines is 1. The van der Waals surface area contributed by atoms with Crippen molar-refractivity contribution in [3.8, 4) is 0 Å². The van der Waals surface area contributed by atoms with Crippen molar-refractivity contribution in [3.63, 3.8) is 0 Å². The summed E-state index contributed by atoms with van der Waals surface area (Å²) in [6.07, 6.45) is 0. The Labute approximate surface area is 107 Å². The van der Waals surface area contributed by atoms with E-state index in [1.165, 1.54) is 0 Å². The SMILES string of the molecule is CC(C)c1cc2[nH]c(=O)ccc2c(C(C)(C)C)n1. The van der Waals surface area contributed by atoms with E-state index in [9.17, 15) is 4.79 Å². The Morgan fingerprint density at radius 3 is 2.44 bits per heavy atom. The van der Waals surface area contributed by atoms with E-state index in [0.717, 1.165) is 22.3 Å². The predicted molar refractivity (Wildman–Crippen MR) is 75.2 cm³/mol. The van der Waals surface area contributed by atoms with Crippen molar-refractivity contribution < 1.29 is 0 Å². The van der Waals surface area contributed by atoms with Gasteiger partial charge in [0.1, 0.15) is 0 Å². The first kappa shape index (κ1) is 12.8. The van der Waals surface area contributed by atoms with Crippen LogP contribution in [0.1, 0.15) is 51.9 Å². The minimum Gasteiger partial charge on any atom is -0.322 e. The van der Waals surface area contributed by atoms with E-state index >= 15 is 0 Å². The Bertz CT molecular complexity index is 633. The predicted octanol–water partition coefficient (Wildman–Crippen LogP) is 3.34. The Kier molecular flexibility index (Phi) is 3.01. The zero-order valence-electron chi connectivity index (χ0n) is 11.7. The van der Waals surface area contributed by atoms with E-state index in [2.05, 4.69) is 39.6 Å². The van der Waals surface area contributed by atoms with Crippen LogP contribution in [0.15, 0.2) is 23.0 Å². The van der Waals surface area contributed by atoms with Gasteiger partial charge >= 0.3 is 0 Å². The van der Waals surface area contributed by atoms with Crippen LogP contribution in [-0.2, 0) is 5.41 Å². The fourth-order valence-corrected chi connectivity index (χ4v) is 2.05. The van der Waals surface area contributed by atoms with E-state index in [-0.39, 0.29) is 11.0 Å². The first-order chi connectivity index (χ1) is 8.29. The lowest BCUT2D eigenvalue weighted by Gasteiger charge is -2.21. The summed E-state index contributed by atoms with van der Waals surface area (Å²) < 4.78 is 0. The second kappa shape index (κ2) is 4.23. The van der Waals surface area contributed by atoms with Gasteiger partial charge in [0.2, 0.25) is 5.56 Å². The minimum atomic E-state index is -0.0664. The fraction of sp³-hybridized carbons (Fsp3) is 0.467. The van der Waals surface area contributed by atoms with Crippen molar-refractivity contribution in [2.45, 2.75) is 46.0 Å². The van der Waals surface area contributed by atoms with Gasteiger partial charge in [0.15, 0.2) is 0 Å². The van der Waals surface area contributed by atoms with E-state index in [1.54, 1.807) is 6.07 Å². The summed E-state index contributed by atoms with van der Waals surface area (Å²) in [5.74, 6) is 0.346. The summed E-state index contributed by atoms with van der Waals surface area (Å²) in [7, 11) is 0. The van der Waals surface area contributed by atoms with E-state index in [4.69, 9.17) is 4.98 Å². The summed E-state index contributed by atoms with van der Waals surface area (Å²) in [6, 6.07) is 5.41. The molecule has 0 amide bonds. The van der Waals surface area contributed by atoms with Crippen LogP contribution in [0, 0.1) is 0 Å². The average Bonchev–Trinajstić information content (AvgIpc) is 2.25. The second-order valence-electron chi connectivity index (χ2n) is 6.08. The van der Waals surface area contributed by atoms with Crippen LogP contribution in [0.2, 0.25) is 0 Å². The molecule has 0 fully saturated rings. The molecule has 0 aliphatic rings. The first-order valence-electron chi connectivity index (χ1n) is 6.33. The highest BCUT2D eigenvalue weighted by Crippen LogP contribution is 2.29. The largest absolute Gasteiger partial charge is 0.322 e. The molecular weight excluding hydrogens is 224 g/mol. The number of pyridine rings is 2. The lowest BCUT2D eigenvalue weighted by Crippen LogP contribution is -2.17. The molecule has 0 aliphatic heterocycles. The number of H-pyrrole nitrogens is 1. The standard InChI is InChI=1S/C15H20N2O/c1-9(2)11-8-12-10(6-7-13(18)16-12)14(17-11)15(3,4)5/h6-9H,1-5H3,(H,16,18). The monoisotopic (exact) mass is 244 g/mol. The highest BCUT2D eigenvalue weighted by Gasteiger charge is 2.20. The highest BCUT2D eigenvalue weighted by atomic mass is 16.1. The maximum absolute atomic E-state index is 11.4. The van der Waals surface area contributed by atoms with E-state index in [1.807, 2.05) is 12.1 Å². The summed E-state index contributed by atoms with van der Waals surface area (Å²) in [5, 5.41) is 1.03. The molecule has 2 heterocycles. The summed E-state index contributed by atoms with van der Waals surface area (Å²) in [5.41, 5.74) is 2.84. The summed E-state index contributed by atoms with van der Waals surface area (Å²) >= 11 is 0. The number of hydrogen-bond donors (Lipinski definition) is 1. The molecule has 2 aromatic heterocycles. The van der Waals surface area contributed by atoms with Crippen LogP contribution in [0.4, 0.5) is 0 Å². The van der Waals surface area contributed by atoms with Crippen molar-refractivity contribution in [2.24, 2.45) is 0 Å². The molecule has 0 radical (unpaired) electrons. The summed E-state index contributed by atoms with van der Waals surface area (Å²) in [6.45, 7) is 10.7. The number of nitrogens with zero attached hydrogens (tertiary/aromatic N) is 1. The molecule has 0 unspecified atom stereocenters. The molecule has 96 valence electrons. The average molecular weight is 244 g/mol. The van der Waals surface area contributed by atoms with Gasteiger partial charge in [-0.05, 0) is 18.1 Å². The molecule has 0 atom stereocenters. The lowest BCUT2D eigenvalue weighted by molar-refractivity contribution is 0.569. The van der Waals surface area contributed by atoms with Crippen LogP contribution in [0.5, 0.6) is 0 Å². The molecule has 18 heavy (non-hydrogen) atoms. The molecular formula is C15H20N2O. The van der Waals surface area contributed by atoms with E-state index in [0.29, 0.717) is 5.92 Å². The van der Waals surface area contributed by atoms with Gasteiger partial charge in [-0.3, -0.25) is 9.78 Å². The molecule has 0 spiro atoms. The highest BCUT2D eigenvalue weighted by molar-refractivity contribution is 5.82. The van der Waals surface area contributed by atoms with E-state index < -0.39 is 0 Å². The molecule has 2 aromatic rings. The maximum atomic E-state index is 11.4. The fourth-order valence-electron chi connectivity index (χ4n) is 2.05. The smallest absolute Gasteiger partial charge is 0.248 e. The van der Waals surface area contributed by atoms with Gasteiger partial charge in [0.25, 0.3) is 0 Å². The number of nitrogens with one attached hydrogen (secondary N) is 1. The molecule has 0 aromatic carbocycles. The number of rotatable bonds is 1. The van der Waals surface area contributed by atoms with Crippen molar-refractivity contribution in [3.05, 3.63) is 39.9 Å².